The minimum atomic E-state index is 0.146. The van der Waals surface area contributed by atoms with Crippen molar-refractivity contribution < 1.29 is 4.79 Å². The third-order valence-corrected chi connectivity index (χ3v) is 3.88. The zero-order valence-electron chi connectivity index (χ0n) is 13.4. The number of carbonyl (C=O) groups excluding carboxylic acids is 1. The molecule has 1 amide bonds. The van der Waals surface area contributed by atoms with Gasteiger partial charge in [-0.25, -0.2) is 4.98 Å². The number of aromatic nitrogens is 2. The van der Waals surface area contributed by atoms with E-state index in [4.69, 9.17) is 0 Å². The van der Waals surface area contributed by atoms with E-state index in [-0.39, 0.29) is 5.91 Å². The average Bonchev–Trinajstić information content (AvgIpc) is 2.46. The molecule has 6 nitrogen and oxygen atoms in total. The third kappa shape index (κ3) is 4.06. The lowest BCUT2D eigenvalue weighted by Gasteiger charge is -2.35. The fourth-order valence-electron chi connectivity index (χ4n) is 2.35. The topological polar surface area (TPSA) is 61.4 Å². The molecule has 0 saturated carbocycles. The number of rotatable bonds is 4. The number of hydrogen-bond acceptors (Lipinski definition) is 5. The van der Waals surface area contributed by atoms with E-state index in [9.17, 15) is 4.79 Å². The molecule has 2 heterocycles. The summed E-state index contributed by atoms with van der Waals surface area (Å²) in [7, 11) is 0. The van der Waals surface area contributed by atoms with Gasteiger partial charge in [-0.05, 0) is 20.3 Å². The van der Waals surface area contributed by atoms with E-state index in [1.807, 2.05) is 17.9 Å². The second kappa shape index (κ2) is 6.74. The summed E-state index contributed by atoms with van der Waals surface area (Å²) in [5.74, 6) is 1.78. The number of carbonyl (C=O) groups is 1. The SMILES string of the molecule is CCC(C)Nc1nc(C)cc(N2CCN(C(C)=O)CC2)n1. The Bertz CT molecular complexity index is 497. The van der Waals surface area contributed by atoms with Crippen molar-refractivity contribution in [2.75, 3.05) is 36.4 Å². The minimum Gasteiger partial charge on any atom is -0.353 e. The van der Waals surface area contributed by atoms with Crippen LogP contribution in [-0.2, 0) is 4.79 Å². The first-order valence-corrected chi connectivity index (χ1v) is 7.62. The summed E-state index contributed by atoms with van der Waals surface area (Å²) >= 11 is 0. The van der Waals surface area contributed by atoms with E-state index in [0.717, 1.165) is 44.1 Å². The Morgan fingerprint density at radius 2 is 2.00 bits per heavy atom. The highest BCUT2D eigenvalue weighted by Gasteiger charge is 2.20. The van der Waals surface area contributed by atoms with Gasteiger partial charge in [-0.1, -0.05) is 6.92 Å². The number of anilines is 2. The van der Waals surface area contributed by atoms with Crippen LogP contribution in [0, 0.1) is 6.92 Å². The fraction of sp³-hybridized carbons (Fsp3) is 0.667. The van der Waals surface area contributed by atoms with E-state index < -0.39 is 0 Å². The highest BCUT2D eigenvalue weighted by Crippen LogP contribution is 2.17. The van der Waals surface area contributed by atoms with Gasteiger partial charge in [0.05, 0.1) is 0 Å². The Morgan fingerprint density at radius 1 is 1.33 bits per heavy atom. The molecular formula is C15H25N5O. The number of hydrogen-bond donors (Lipinski definition) is 1. The van der Waals surface area contributed by atoms with E-state index in [0.29, 0.717) is 12.0 Å². The summed E-state index contributed by atoms with van der Waals surface area (Å²) < 4.78 is 0. The lowest BCUT2D eigenvalue weighted by molar-refractivity contribution is -0.129. The van der Waals surface area contributed by atoms with Gasteiger partial charge in [-0.3, -0.25) is 4.79 Å². The number of piperazine rings is 1. The first kappa shape index (κ1) is 15.5. The van der Waals surface area contributed by atoms with Gasteiger partial charge >= 0.3 is 0 Å². The smallest absolute Gasteiger partial charge is 0.225 e. The molecule has 0 aliphatic carbocycles. The average molecular weight is 291 g/mol. The van der Waals surface area contributed by atoms with Gasteiger partial charge in [-0.2, -0.15) is 4.98 Å². The Kier molecular flexibility index (Phi) is 4.98. The summed E-state index contributed by atoms with van der Waals surface area (Å²) in [5.41, 5.74) is 0.958. The Labute approximate surface area is 126 Å². The van der Waals surface area contributed by atoms with Crippen molar-refractivity contribution in [2.45, 2.75) is 40.2 Å². The van der Waals surface area contributed by atoms with Crippen LogP contribution in [0.2, 0.25) is 0 Å². The van der Waals surface area contributed by atoms with Crippen LogP contribution in [0.3, 0.4) is 0 Å². The zero-order chi connectivity index (χ0) is 15.4. The molecule has 6 heteroatoms. The van der Waals surface area contributed by atoms with Crippen LogP contribution in [0.1, 0.15) is 32.9 Å². The monoisotopic (exact) mass is 291 g/mol. The number of amides is 1. The fourth-order valence-corrected chi connectivity index (χ4v) is 2.35. The molecule has 0 aromatic carbocycles. The van der Waals surface area contributed by atoms with Crippen LogP contribution in [0.15, 0.2) is 6.07 Å². The normalized spacial score (nSPS) is 16.8. The van der Waals surface area contributed by atoms with Crippen molar-refractivity contribution in [1.82, 2.24) is 14.9 Å². The van der Waals surface area contributed by atoms with Gasteiger partial charge in [-0.15, -0.1) is 0 Å². The standard InChI is InChI=1S/C15H25N5O/c1-5-11(2)16-15-17-12(3)10-14(18-15)20-8-6-19(7-9-20)13(4)21/h10-11H,5-9H2,1-4H3,(H,16,17,18). The summed E-state index contributed by atoms with van der Waals surface area (Å²) in [4.78, 5) is 24.5. The predicted octanol–water partition coefficient (Wildman–Crippen LogP) is 1.66. The Hall–Kier alpha value is -1.85. The van der Waals surface area contributed by atoms with Gasteiger partial charge in [0.15, 0.2) is 0 Å². The van der Waals surface area contributed by atoms with E-state index in [2.05, 4.69) is 34.0 Å². The highest BCUT2D eigenvalue weighted by molar-refractivity contribution is 5.73. The minimum absolute atomic E-state index is 0.146. The lowest BCUT2D eigenvalue weighted by atomic mass is 10.2. The van der Waals surface area contributed by atoms with Crippen LogP contribution >= 0.6 is 0 Å². The molecule has 1 aromatic rings. The molecule has 116 valence electrons. The molecule has 2 rings (SSSR count). The summed E-state index contributed by atoms with van der Waals surface area (Å²) in [6.45, 7) is 11.0. The second-order valence-corrected chi connectivity index (χ2v) is 5.64. The quantitative estimate of drug-likeness (QED) is 0.914. The summed E-state index contributed by atoms with van der Waals surface area (Å²) in [6.07, 6.45) is 1.03. The number of aryl methyl sites for hydroxylation is 1. The van der Waals surface area contributed by atoms with Gasteiger partial charge in [0.2, 0.25) is 11.9 Å². The maximum Gasteiger partial charge on any atom is 0.225 e. The molecule has 0 spiro atoms. The first-order valence-electron chi connectivity index (χ1n) is 7.62. The molecule has 1 saturated heterocycles. The highest BCUT2D eigenvalue weighted by atomic mass is 16.2. The third-order valence-electron chi connectivity index (χ3n) is 3.88. The van der Waals surface area contributed by atoms with Crippen LogP contribution < -0.4 is 10.2 Å². The lowest BCUT2D eigenvalue weighted by Crippen LogP contribution is -2.48. The van der Waals surface area contributed by atoms with Crippen molar-refractivity contribution in [3.05, 3.63) is 11.8 Å². The van der Waals surface area contributed by atoms with Gasteiger partial charge in [0.25, 0.3) is 0 Å². The van der Waals surface area contributed by atoms with Gasteiger partial charge in [0, 0.05) is 50.9 Å². The van der Waals surface area contributed by atoms with Crippen molar-refractivity contribution in [1.29, 1.82) is 0 Å². The van der Waals surface area contributed by atoms with E-state index in [1.165, 1.54) is 0 Å². The molecule has 1 fully saturated rings. The largest absolute Gasteiger partial charge is 0.353 e. The van der Waals surface area contributed by atoms with Crippen LogP contribution in [0.5, 0.6) is 0 Å². The summed E-state index contributed by atoms with van der Waals surface area (Å²) in [5, 5.41) is 3.33. The molecule has 1 aromatic heterocycles. The molecule has 1 aliphatic rings. The van der Waals surface area contributed by atoms with Crippen molar-refractivity contribution in [2.24, 2.45) is 0 Å². The summed E-state index contributed by atoms with van der Waals surface area (Å²) in [6, 6.07) is 2.36. The number of nitrogens with zero attached hydrogens (tertiary/aromatic N) is 4. The van der Waals surface area contributed by atoms with Crippen LogP contribution in [0.4, 0.5) is 11.8 Å². The number of nitrogens with one attached hydrogen (secondary N) is 1. The molecule has 1 unspecified atom stereocenters. The van der Waals surface area contributed by atoms with Crippen molar-refractivity contribution >= 4 is 17.7 Å². The molecule has 0 bridgehead atoms. The maximum absolute atomic E-state index is 11.4. The Morgan fingerprint density at radius 3 is 2.57 bits per heavy atom. The molecule has 1 aliphatic heterocycles. The van der Waals surface area contributed by atoms with Gasteiger partial charge in [0.1, 0.15) is 5.82 Å². The first-order chi connectivity index (χ1) is 9.99. The second-order valence-electron chi connectivity index (χ2n) is 5.64. The van der Waals surface area contributed by atoms with Crippen LogP contribution in [-0.4, -0.2) is 53.0 Å². The maximum atomic E-state index is 11.4. The molecule has 21 heavy (non-hydrogen) atoms. The molecule has 1 atom stereocenters. The molecule has 0 radical (unpaired) electrons. The van der Waals surface area contributed by atoms with E-state index >= 15 is 0 Å². The molecule has 1 N–H and O–H groups in total. The predicted molar refractivity (Wildman–Crippen MR) is 84.6 cm³/mol. The van der Waals surface area contributed by atoms with Gasteiger partial charge < -0.3 is 15.1 Å². The van der Waals surface area contributed by atoms with Crippen LogP contribution in [0.25, 0.3) is 0 Å². The zero-order valence-corrected chi connectivity index (χ0v) is 13.4. The Balaban J connectivity index is 2.08. The van der Waals surface area contributed by atoms with Crippen molar-refractivity contribution in [3.63, 3.8) is 0 Å². The van der Waals surface area contributed by atoms with Crippen molar-refractivity contribution in [3.8, 4) is 0 Å². The van der Waals surface area contributed by atoms with E-state index in [1.54, 1.807) is 6.92 Å². The molecular weight excluding hydrogens is 266 g/mol.